The lowest BCUT2D eigenvalue weighted by Crippen LogP contribution is -2.55. The molecule has 0 aliphatic heterocycles. The molecule has 0 bridgehead atoms. The van der Waals surface area contributed by atoms with Crippen LogP contribution in [0.1, 0.15) is 11.1 Å². The van der Waals surface area contributed by atoms with Crippen molar-refractivity contribution in [2.45, 2.75) is 6.92 Å². The van der Waals surface area contributed by atoms with Crippen molar-refractivity contribution in [3.05, 3.63) is 35.4 Å². The van der Waals surface area contributed by atoms with Crippen LogP contribution in [-0.4, -0.2) is 75.6 Å². The van der Waals surface area contributed by atoms with Gasteiger partial charge in [-0.15, -0.1) is 16.4 Å². The van der Waals surface area contributed by atoms with Crippen LogP contribution in [0.3, 0.4) is 0 Å². The molecule has 3 nitrogen and oxygen atoms in total. The van der Waals surface area contributed by atoms with E-state index in [9.17, 15) is 5.26 Å². The Morgan fingerprint density at radius 1 is 0.649 bits per heavy atom. The molecule has 0 saturated heterocycles. The Morgan fingerprint density at radius 2 is 1.19 bits per heavy atom. The molecule has 0 fully saturated rings. The van der Waals surface area contributed by atoms with Crippen LogP contribution in [-0.2, 0) is 0 Å². The Bertz CT molecular complexity index is 1830. The molecule has 2 heterocycles. The molecular formula is C25H25B9N2O. The highest BCUT2D eigenvalue weighted by molar-refractivity contribution is 6.69. The predicted molar refractivity (Wildman–Crippen MR) is 185 cm³/mol. The average molecular weight is 467 g/mol. The number of pyridine rings is 1. The van der Waals surface area contributed by atoms with E-state index >= 15 is 0 Å². The van der Waals surface area contributed by atoms with Crippen molar-refractivity contribution in [3.63, 3.8) is 0 Å². The van der Waals surface area contributed by atoms with E-state index in [0.717, 1.165) is 55.4 Å². The van der Waals surface area contributed by atoms with Gasteiger partial charge in [-0.2, -0.15) is 5.26 Å². The second-order valence-electron chi connectivity index (χ2n) is 10.6. The van der Waals surface area contributed by atoms with Crippen molar-refractivity contribution in [1.82, 2.24) is 4.98 Å². The summed E-state index contributed by atoms with van der Waals surface area (Å²) in [4.78, 5) is 5.02. The Morgan fingerprint density at radius 3 is 1.81 bits per heavy atom. The molecule has 0 unspecified atom stereocenters. The second-order valence-corrected chi connectivity index (χ2v) is 10.6. The molecule has 168 valence electrons. The van der Waals surface area contributed by atoms with Crippen LogP contribution in [0.4, 0.5) is 0 Å². The number of fused-ring (bicyclic) bond motifs is 3. The summed E-state index contributed by atoms with van der Waals surface area (Å²) in [5, 5.41) is 12.4. The van der Waals surface area contributed by atoms with Gasteiger partial charge in [-0.3, -0.25) is 4.98 Å². The summed E-state index contributed by atoms with van der Waals surface area (Å²) in [7, 11) is 19.3. The van der Waals surface area contributed by atoms with Gasteiger partial charge in [-0.25, -0.2) is 0 Å². The zero-order valence-electron chi connectivity index (χ0n) is 23.6. The summed E-state index contributed by atoms with van der Waals surface area (Å²) >= 11 is 0. The Kier molecular flexibility index (Phi) is 6.10. The molecule has 37 heavy (non-hydrogen) atoms. The smallest absolute Gasteiger partial charge is 0.163 e. The number of nitrogens with zero attached hydrogens (tertiary/aromatic N) is 2. The third-order valence-electron chi connectivity index (χ3n) is 8.94. The first-order valence-electron chi connectivity index (χ1n) is 12.9. The Hall–Kier alpha value is -3.32. The van der Waals surface area contributed by atoms with Crippen molar-refractivity contribution in [2.24, 2.45) is 0 Å². The molecule has 0 radical (unpaired) electrons. The van der Waals surface area contributed by atoms with Gasteiger partial charge < -0.3 is 4.42 Å². The van der Waals surface area contributed by atoms with Gasteiger partial charge in [0.2, 0.25) is 0 Å². The van der Waals surface area contributed by atoms with Crippen LogP contribution < -0.4 is 49.3 Å². The van der Waals surface area contributed by atoms with Crippen LogP contribution in [0.2, 0.25) is 0 Å². The number of hydrogen-bond donors (Lipinski definition) is 0. The van der Waals surface area contributed by atoms with Crippen LogP contribution in [0.25, 0.3) is 44.3 Å². The van der Waals surface area contributed by atoms with Gasteiger partial charge in [0.05, 0.1) is 5.69 Å². The first-order chi connectivity index (χ1) is 17.5. The summed E-state index contributed by atoms with van der Waals surface area (Å²) in [5.74, 6) is 0. The van der Waals surface area contributed by atoms with Gasteiger partial charge in [0.25, 0.3) is 0 Å². The van der Waals surface area contributed by atoms with Crippen LogP contribution in [0.15, 0.2) is 28.7 Å². The van der Waals surface area contributed by atoms with E-state index < -0.39 is 0 Å². The molecule has 12 heteroatoms. The molecular weight excluding hydrogens is 442 g/mol. The van der Waals surface area contributed by atoms with Crippen molar-refractivity contribution in [3.8, 4) is 28.5 Å². The predicted octanol–water partition coefficient (Wildman–Crippen LogP) is -9.18. The molecule has 5 rings (SSSR count). The zero-order valence-corrected chi connectivity index (χ0v) is 23.6. The van der Waals surface area contributed by atoms with Gasteiger partial charge in [0, 0.05) is 21.9 Å². The zero-order chi connectivity index (χ0) is 26.9. The molecule has 0 atom stereocenters. The average Bonchev–Trinajstić information content (AvgIpc) is 3.26. The number of hydrogen-bond acceptors (Lipinski definition) is 3. The number of benzene rings is 3. The lowest BCUT2D eigenvalue weighted by Gasteiger charge is -2.21. The fourth-order valence-electron chi connectivity index (χ4n) is 5.83. The van der Waals surface area contributed by atoms with Gasteiger partial charge >= 0.3 is 0 Å². The third-order valence-corrected chi connectivity index (χ3v) is 8.94. The van der Waals surface area contributed by atoms with E-state index in [4.69, 9.17) is 9.40 Å². The molecule has 2 aromatic heterocycles. The van der Waals surface area contributed by atoms with E-state index in [1.54, 1.807) is 0 Å². The number of furan rings is 1. The van der Waals surface area contributed by atoms with E-state index in [1.165, 1.54) is 38.2 Å². The number of aromatic nitrogens is 1. The van der Waals surface area contributed by atoms with Gasteiger partial charge in [-0.1, -0.05) is 45.5 Å². The van der Waals surface area contributed by atoms with Gasteiger partial charge in [0.1, 0.15) is 80.0 Å². The highest BCUT2D eigenvalue weighted by atomic mass is 16.3. The highest BCUT2D eigenvalue weighted by Crippen LogP contribution is 2.39. The standard InChI is InChI=1S/C25H25B9N2O/c1-7-2-3-10-9-5-4-8(13-14(26)16(28)18(30)17(29)15(13)27)11(6-35)23(9)37-24(10)12(7)22-20(32)19(31)21(33)25(34)36-22/h2-5H,26-34H2,1H3. The molecule has 0 aliphatic carbocycles. The summed E-state index contributed by atoms with van der Waals surface area (Å²) in [5.41, 5.74) is 18.2. The second kappa shape index (κ2) is 8.91. The quantitative estimate of drug-likeness (QED) is 0.243. The maximum atomic E-state index is 10.4. The van der Waals surface area contributed by atoms with Crippen LogP contribution in [0.5, 0.6) is 0 Å². The van der Waals surface area contributed by atoms with Gasteiger partial charge in [-0.05, 0) is 29.7 Å². The van der Waals surface area contributed by atoms with E-state index in [1.807, 2.05) is 0 Å². The fraction of sp³-hybridized carbons (Fsp3) is 0.0400. The summed E-state index contributed by atoms with van der Waals surface area (Å²) < 4.78 is 6.67. The normalized spacial score (nSPS) is 11.2. The summed E-state index contributed by atoms with van der Waals surface area (Å²) in [6.07, 6.45) is 0. The minimum atomic E-state index is 0.590. The third kappa shape index (κ3) is 3.58. The maximum absolute atomic E-state index is 10.4. The topological polar surface area (TPSA) is 49.8 Å². The monoisotopic (exact) mass is 468 g/mol. The summed E-state index contributed by atoms with van der Waals surface area (Å²) in [6.45, 7) is 2.11. The minimum absolute atomic E-state index is 0.590. The van der Waals surface area contributed by atoms with Crippen molar-refractivity contribution < 1.29 is 4.42 Å². The largest absolute Gasteiger partial charge is 0.454 e. The van der Waals surface area contributed by atoms with Crippen LogP contribution >= 0.6 is 0 Å². The van der Waals surface area contributed by atoms with Gasteiger partial charge in [0.15, 0.2) is 13.4 Å². The molecule has 0 saturated carbocycles. The molecule has 0 N–H and O–H groups in total. The number of rotatable bonds is 2. The maximum Gasteiger partial charge on any atom is 0.163 e. The van der Waals surface area contributed by atoms with Crippen molar-refractivity contribution in [2.75, 3.05) is 0 Å². The lowest BCUT2D eigenvalue weighted by molar-refractivity contribution is 0.668. The van der Waals surface area contributed by atoms with E-state index in [0.29, 0.717) is 11.1 Å². The van der Waals surface area contributed by atoms with Crippen LogP contribution in [0, 0.1) is 18.3 Å². The Labute approximate surface area is 226 Å². The van der Waals surface area contributed by atoms with E-state index in [-0.39, 0.29) is 0 Å². The molecule has 0 amide bonds. The number of nitriles is 1. The SMILES string of the molecule is Bc1nc(-c2c(C)ccc3c2oc2c(C#N)c(-c4c(B)c(B)c(B)c(B)c4B)ccc23)c(B)c(B)c1B. The molecule has 3 aromatic carbocycles. The lowest BCUT2D eigenvalue weighted by atomic mass is 9.59. The highest BCUT2D eigenvalue weighted by Gasteiger charge is 2.23. The van der Waals surface area contributed by atoms with Crippen molar-refractivity contribution in [1.29, 1.82) is 5.26 Å². The first kappa shape index (κ1) is 25.3. The molecule has 5 aromatic rings. The Balaban J connectivity index is 1.90. The fourth-order valence-corrected chi connectivity index (χ4v) is 5.83. The number of aryl methyl sites for hydroxylation is 1. The van der Waals surface area contributed by atoms with Crippen molar-refractivity contribution >= 4 is 142 Å². The molecule has 0 aliphatic rings. The van der Waals surface area contributed by atoms with E-state index in [2.05, 4.69) is 108 Å². The summed E-state index contributed by atoms with van der Waals surface area (Å²) in [6, 6.07) is 11.0. The molecule has 0 spiro atoms. The first-order valence-corrected chi connectivity index (χ1v) is 12.9. The minimum Gasteiger partial charge on any atom is -0.454 e.